The predicted molar refractivity (Wildman–Crippen MR) is 82.5 cm³/mol. The van der Waals surface area contributed by atoms with Crippen molar-refractivity contribution < 1.29 is 0 Å². The standard InChI is InChI=1S/C18H36/c1-10-16(13(6)11(2)3)17(12(4)5)18(9)14(7)15(18)8/h11-17H,10H2,1-9H3. The zero-order valence-corrected chi connectivity index (χ0v) is 14.2. The first-order valence-corrected chi connectivity index (χ1v) is 8.19. The van der Waals surface area contributed by atoms with Crippen LogP contribution in [0, 0.1) is 46.8 Å². The Balaban J connectivity index is 2.98. The maximum Gasteiger partial charge on any atom is -0.0236 e. The fourth-order valence-corrected chi connectivity index (χ4v) is 4.74. The predicted octanol–water partition coefficient (Wildman–Crippen LogP) is 5.87. The van der Waals surface area contributed by atoms with Gasteiger partial charge in [-0.25, -0.2) is 0 Å². The number of hydrogen-bond donors (Lipinski definition) is 0. The van der Waals surface area contributed by atoms with Gasteiger partial charge in [0.2, 0.25) is 0 Å². The third kappa shape index (κ3) is 2.49. The Kier molecular flexibility index (Phi) is 4.95. The lowest BCUT2D eigenvalue weighted by atomic mass is 9.64. The zero-order chi connectivity index (χ0) is 14.2. The molecule has 0 saturated heterocycles. The summed E-state index contributed by atoms with van der Waals surface area (Å²) in [7, 11) is 0. The monoisotopic (exact) mass is 252 g/mol. The van der Waals surface area contributed by atoms with Crippen LogP contribution in [0.5, 0.6) is 0 Å². The lowest BCUT2D eigenvalue weighted by Crippen LogP contribution is -2.35. The second kappa shape index (κ2) is 5.55. The fourth-order valence-electron chi connectivity index (χ4n) is 4.74. The highest BCUT2D eigenvalue weighted by atomic mass is 14.7. The van der Waals surface area contributed by atoms with E-state index in [1.54, 1.807) is 0 Å². The molecule has 0 radical (unpaired) electrons. The van der Waals surface area contributed by atoms with Crippen molar-refractivity contribution in [3.63, 3.8) is 0 Å². The molecule has 0 aromatic rings. The van der Waals surface area contributed by atoms with Gasteiger partial charge in [0.25, 0.3) is 0 Å². The summed E-state index contributed by atoms with van der Waals surface area (Å²) in [4.78, 5) is 0. The van der Waals surface area contributed by atoms with Gasteiger partial charge in [-0.05, 0) is 46.8 Å². The van der Waals surface area contributed by atoms with Crippen molar-refractivity contribution in [3.05, 3.63) is 0 Å². The summed E-state index contributed by atoms with van der Waals surface area (Å²) in [5, 5.41) is 0. The Morgan fingerprint density at radius 1 is 0.889 bits per heavy atom. The summed E-state index contributed by atoms with van der Waals surface area (Å²) in [5.41, 5.74) is 0.595. The van der Waals surface area contributed by atoms with Crippen LogP contribution < -0.4 is 0 Å². The lowest BCUT2D eigenvalue weighted by Gasteiger charge is -2.41. The highest BCUT2D eigenvalue weighted by Crippen LogP contribution is 2.66. The Morgan fingerprint density at radius 2 is 1.33 bits per heavy atom. The molecule has 108 valence electrons. The number of rotatable bonds is 6. The summed E-state index contributed by atoms with van der Waals surface area (Å²) in [6.45, 7) is 22.1. The van der Waals surface area contributed by atoms with E-state index < -0.39 is 0 Å². The quantitative estimate of drug-likeness (QED) is 0.554. The molecule has 1 aliphatic rings. The summed E-state index contributed by atoms with van der Waals surface area (Å²) in [6, 6.07) is 0. The van der Waals surface area contributed by atoms with Crippen molar-refractivity contribution in [1.82, 2.24) is 0 Å². The van der Waals surface area contributed by atoms with E-state index in [-0.39, 0.29) is 0 Å². The molecule has 0 bridgehead atoms. The van der Waals surface area contributed by atoms with Gasteiger partial charge in [-0.2, -0.15) is 0 Å². The molecular weight excluding hydrogens is 216 g/mol. The highest BCUT2D eigenvalue weighted by Gasteiger charge is 2.61. The van der Waals surface area contributed by atoms with Crippen LogP contribution in [0.3, 0.4) is 0 Å². The number of hydrogen-bond acceptors (Lipinski definition) is 0. The largest absolute Gasteiger partial charge is 0.0651 e. The Bertz CT molecular complexity index is 255. The fraction of sp³-hybridized carbons (Fsp3) is 1.00. The van der Waals surface area contributed by atoms with Gasteiger partial charge >= 0.3 is 0 Å². The van der Waals surface area contributed by atoms with Gasteiger partial charge in [0, 0.05) is 0 Å². The SMILES string of the molecule is CCC(C(C)C(C)C)C(C(C)C)C1(C)C(C)C1C. The molecule has 0 spiro atoms. The van der Waals surface area contributed by atoms with Crippen LogP contribution in [0.15, 0.2) is 0 Å². The van der Waals surface area contributed by atoms with Gasteiger partial charge in [0.05, 0.1) is 0 Å². The Hall–Kier alpha value is 0. The van der Waals surface area contributed by atoms with Gasteiger partial charge < -0.3 is 0 Å². The van der Waals surface area contributed by atoms with Crippen molar-refractivity contribution in [2.45, 2.75) is 68.7 Å². The Morgan fingerprint density at radius 3 is 1.56 bits per heavy atom. The second-order valence-electron chi connectivity index (χ2n) is 7.89. The summed E-state index contributed by atoms with van der Waals surface area (Å²) < 4.78 is 0. The molecule has 0 N–H and O–H groups in total. The van der Waals surface area contributed by atoms with Crippen LogP contribution in [-0.4, -0.2) is 0 Å². The van der Waals surface area contributed by atoms with Gasteiger partial charge in [-0.15, -0.1) is 0 Å². The molecule has 0 aromatic heterocycles. The third-order valence-electron chi connectivity index (χ3n) is 6.70. The van der Waals surface area contributed by atoms with Gasteiger partial charge in [0.1, 0.15) is 0 Å². The minimum absolute atomic E-state index is 0.595. The maximum absolute atomic E-state index is 2.56. The smallest absolute Gasteiger partial charge is 0.0236 e. The van der Waals surface area contributed by atoms with Crippen molar-refractivity contribution in [3.8, 4) is 0 Å². The molecule has 1 aliphatic carbocycles. The molecule has 0 amide bonds. The Labute approximate surface area is 116 Å². The highest BCUT2D eigenvalue weighted by molar-refractivity contribution is 5.09. The topological polar surface area (TPSA) is 0 Å². The summed E-state index contributed by atoms with van der Waals surface area (Å²) >= 11 is 0. The van der Waals surface area contributed by atoms with E-state index in [0.717, 1.165) is 41.4 Å². The molecule has 0 heterocycles. The van der Waals surface area contributed by atoms with Crippen molar-refractivity contribution in [1.29, 1.82) is 0 Å². The molecule has 5 atom stereocenters. The normalized spacial score (nSPS) is 36.8. The molecule has 5 unspecified atom stereocenters. The average Bonchev–Trinajstić information content (AvgIpc) is 2.76. The third-order valence-corrected chi connectivity index (χ3v) is 6.70. The van der Waals surface area contributed by atoms with Crippen LogP contribution >= 0.6 is 0 Å². The molecule has 0 aliphatic heterocycles. The van der Waals surface area contributed by atoms with E-state index in [1.165, 1.54) is 6.42 Å². The average molecular weight is 252 g/mol. The van der Waals surface area contributed by atoms with Crippen LogP contribution in [0.2, 0.25) is 0 Å². The first-order valence-electron chi connectivity index (χ1n) is 8.19. The molecule has 1 saturated carbocycles. The maximum atomic E-state index is 2.56. The molecule has 18 heavy (non-hydrogen) atoms. The second-order valence-corrected chi connectivity index (χ2v) is 7.89. The lowest BCUT2D eigenvalue weighted by molar-refractivity contribution is 0.0762. The van der Waals surface area contributed by atoms with Crippen molar-refractivity contribution in [2.24, 2.45) is 46.8 Å². The van der Waals surface area contributed by atoms with Crippen LogP contribution in [0.25, 0.3) is 0 Å². The molecule has 0 aromatic carbocycles. The van der Waals surface area contributed by atoms with Crippen LogP contribution in [0.4, 0.5) is 0 Å². The summed E-state index contributed by atoms with van der Waals surface area (Å²) in [6.07, 6.45) is 1.34. The molecule has 1 fully saturated rings. The van der Waals surface area contributed by atoms with Gasteiger partial charge in [-0.3, -0.25) is 0 Å². The van der Waals surface area contributed by atoms with Crippen molar-refractivity contribution in [2.75, 3.05) is 0 Å². The van der Waals surface area contributed by atoms with E-state index in [9.17, 15) is 0 Å². The van der Waals surface area contributed by atoms with Crippen LogP contribution in [-0.2, 0) is 0 Å². The zero-order valence-electron chi connectivity index (χ0n) is 14.2. The van der Waals surface area contributed by atoms with Crippen LogP contribution in [0.1, 0.15) is 68.7 Å². The van der Waals surface area contributed by atoms with E-state index in [2.05, 4.69) is 62.3 Å². The van der Waals surface area contributed by atoms with E-state index >= 15 is 0 Å². The van der Waals surface area contributed by atoms with Crippen molar-refractivity contribution >= 4 is 0 Å². The van der Waals surface area contributed by atoms with Gasteiger partial charge in [0.15, 0.2) is 0 Å². The molecular formula is C18H36. The molecule has 1 rings (SSSR count). The first-order chi connectivity index (χ1) is 8.19. The summed E-state index contributed by atoms with van der Waals surface area (Å²) in [5.74, 6) is 6.08. The van der Waals surface area contributed by atoms with Gasteiger partial charge in [-0.1, -0.05) is 68.7 Å². The van der Waals surface area contributed by atoms with E-state index in [1.807, 2.05) is 0 Å². The molecule has 0 nitrogen and oxygen atoms in total. The van der Waals surface area contributed by atoms with E-state index in [0.29, 0.717) is 5.41 Å². The first kappa shape index (κ1) is 16.1. The van der Waals surface area contributed by atoms with E-state index in [4.69, 9.17) is 0 Å². The minimum atomic E-state index is 0.595. The molecule has 0 heteroatoms. The minimum Gasteiger partial charge on any atom is -0.0651 e.